The SMILES string of the molecule is CC(C(=O)C1CCCCC1)[S+]1CCCC1. The van der Waals surface area contributed by atoms with Crippen molar-refractivity contribution in [1.29, 1.82) is 0 Å². The largest absolute Gasteiger partial charge is 0.294 e. The van der Waals surface area contributed by atoms with Crippen LogP contribution in [-0.4, -0.2) is 22.5 Å². The number of Topliss-reactive ketones (excluding diaryl/α,β-unsaturated/α-hetero) is 1. The van der Waals surface area contributed by atoms with E-state index in [-0.39, 0.29) is 0 Å². The Kier molecular flexibility index (Phi) is 4.13. The van der Waals surface area contributed by atoms with Gasteiger partial charge in [-0.25, -0.2) is 0 Å². The van der Waals surface area contributed by atoms with Gasteiger partial charge in [-0.2, -0.15) is 0 Å². The van der Waals surface area contributed by atoms with Crippen LogP contribution >= 0.6 is 0 Å². The van der Waals surface area contributed by atoms with Gasteiger partial charge in [0.05, 0.1) is 0 Å². The molecule has 1 nitrogen and oxygen atoms in total. The molecule has 1 unspecified atom stereocenters. The quantitative estimate of drug-likeness (QED) is 0.678. The summed E-state index contributed by atoms with van der Waals surface area (Å²) in [5.74, 6) is 3.71. The van der Waals surface area contributed by atoms with E-state index in [1.54, 1.807) is 0 Å². The number of carbonyl (C=O) groups is 1. The molecule has 1 atom stereocenters. The van der Waals surface area contributed by atoms with Crippen molar-refractivity contribution < 1.29 is 4.79 Å². The molecule has 1 saturated heterocycles. The summed E-state index contributed by atoms with van der Waals surface area (Å²) in [5.41, 5.74) is 0. The Morgan fingerprint density at radius 2 is 1.67 bits per heavy atom. The lowest BCUT2D eigenvalue weighted by molar-refractivity contribution is -0.123. The van der Waals surface area contributed by atoms with Crippen LogP contribution in [0.3, 0.4) is 0 Å². The predicted octanol–water partition coefficient (Wildman–Crippen LogP) is 2.94. The summed E-state index contributed by atoms with van der Waals surface area (Å²) < 4.78 is 0. The maximum Gasteiger partial charge on any atom is 0.187 e. The van der Waals surface area contributed by atoms with Gasteiger partial charge in [0, 0.05) is 5.92 Å². The van der Waals surface area contributed by atoms with Crippen LogP contribution < -0.4 is 0 Å². The van der Waals surface area contributed by atoms with Crippen LogP contribution in [-0.2, 0) is 15.7 Å². The van der Waals surface area contributed by atoms with Gasteiger partial charge in [0.25, 0.3) is 0 Å². The minimum atomic E-state index is 0.385. The molecule has 0 N–H and O–H groups in total. The number of ketones is 1. The van der Waals surface area contributed by atoms with Crippen LogP contribution in [0.25, 0.3) is 0 Å². The van der Waals surface area contributed by atoms with Gasteiger partial charge in [-0.15, -0.1) is 0 Å². The van der Waals surface area contributed by atoms with E-state index in [0.29, 0.717) is 27.8 Å². The van der Waals surface area contributed by atoms with Crippen LogP contribution in [0.1, 0.15) is 51.9 Å². The van der Waals surface area contributed by atoms with E-state index >= 15 is 0 Å². The summed E-state index contributed by atoms with van der Waals surface area (Å²) in [7, 11) is 0.447. The summed E-state index contributed by atoms with van der Waals surface area (Å²) in [6, 6.07) is 0. The van der Waals surface area contributed by atoms with E-state index in [2.05, 4.69) is 6.92 Å². The second-order valence-electron chi connectivity index (χ2n) is 5.03. The van der Waals surface area contributed by atoms with Crippen molar-refractivity contribution in [2.45, 2.75) is 57.1 Å². The first-order valence-corrected chi connectivity index (χ1v) is 8.11. The summed E-state index contributed by atoms with van der Waals surface area (Å²) in [4.78, 5) is 12.3. The fourth-order valence-corrected chi connectivity index (χ4v) is 5.50. The van der Waals surface area contributed by atoms with E-state index < -0.39 is 0 Å². The first-order valence-electron chi connectivity index (χ1n) is 6.49. The van der Waals surface area contributed by atoms with Gasteiger partial charge in [-0.1, -0.05) is 19.3 Å². The molecule has 1 saturated carbocycles. The zero-order valence-corrected chi connectivity index (χ0v) is 10.7. The highest BCUT2D eigenvalue weighted by atomic mass is 32.2. The highest BCUT2D eigenvalue weighted by Gasteiger charge is 2.38. The third-order valence-electron chi connectivity index (χ3n) is 3.97. The average molecular weight is 227 g/mol. The molecule has 2 aliphatic rings. The number of hydrogen-bond acceptors (Lipinski definition) is 1. The van der Waals surface area contributed by atoms with Crippen LogP contribution in [0.15, 0.2) is 0 Å². The Morgan fingerprint density at radius 3 is 2.27 bits per heavy atom. The summed E-state index contributed by atoms with van der Waals surface area (Å²) in [5, 5.41) is 0.385. The Labute approximate surface area is 96.4 Å². The fraction of sp³-hybridized carbons (Fsp3) is 0.923. The first-order chi connectivity index (χ1) is 7.29. The van der Waals surface area contributed by atoms with Gasteiger partial charge >= 0.3 is 0 Å². The molecule has 0 radical (unpaired) electrons. The molecule has 0 aromatic carbocycles. The molecule has 1 aliphatic carbocycles. The Balaban J connectivity index is 1.87. The maximum absolute atomic E-state index is 12.3. The first kappa shape index (κ1) is 11.5. The minimum Gasteiger partial charge on any atom is -0.294 e. The molecule has 0 amide bonds. The zero-order chi connectivity index (χ0) is 10.7. The van der Waals surface area contributed by atoms with Crippen molar-refractivity contribution in [1.82, 2.24) is 0 Å². The van der Waals surface area contributed by atoms with Crippen molar-refractivity contribution in [3.63, 3.8) is 0 Å². The van der Waals surface area contributed by atoms with Gasteiger partial charge in [-0.05, 0) is 43.5 Å². The number of carbonyl (C=O) groups excluding carboxylic acids is 1. The average Bonchev–Trinajstić information content (AvgIpc) is 2.82. The topological polar surface area (TPSA) is 17.1 Å². The predicted molar refractivity (Wildman–Crippen MR) is 67.4 cm³/mol. The summed E-state index contributed by atoms with van der Waals surface area (Å²) in [6.45, 7) is 2.20. The molecular formula is C13H23OS+. The van der Waals surface area contributed by atoms with Crippen LogP contribution in [0.5, 0.6) is 0 Å². The lowest BCUT2D eigenvalue weighted by Gasteiger charge is -2.22. The Hall–Kier alpha value is 0.0200. The second kappa shape index (κ2) is 5.38. The van der Waals surface area contributed by atoms with E-state index in [0.717, 1.165) is 0 Å². The van der Waals surface area contributed by atoms with Crippen molar-refractivity contribution in [2.75, 3.05) is 11.5 Å². The van der Waals surface area contributed by atoms with Gasteiger partial charge in [-0.3, -0.25) is 4.79 Å². The van der Waals surface area contributed by atoms with E-state index in [9.17, 15) is 4.79 Å². The second-order valence-corrected chi connectivity index (χ2v) is 7.63. The van der Waals surface area contributed by atoms with Gasteiger partial charge < -0.3 is 0 Å². The van der Waals surface area contributed by atoms with E-state index in [1.165, 1.54) is 56.5 Å². The fourth-order valence-electron chi connectivity index (χ4n) is 2.91. The minimum absolute atomic E-state index is 0.385. The van der Waals surface area contributed by atoms with Crippen LogP contribution in [0.4, 0.5) is 0 Å². The summed E-state index contributed by atoms with van der Waals surface area (Å²) >= 11 is 0. The highest BCUT2D eigenvalue weighted by Crippen LogP contribution is 2.28. The van der Waals surface area contributed by atoms with Gasteiger partial charge in [0.15, 0.2) is 11.0 Å². The normalized spacial score (nSPS) is 26.7. The molecule has 2 rings (SSSR count). The van der Waals surface area contributed by atoms with E-state index in [1.807, 2.05) is 0 Å². The molecular weight excluding hydrogens is 204 g/mol. The van der Waals surface area contributed by atoms with Gasteiger partial charge in [0.2, 0.25) is 0 Å². The monoisotopic (exact) mass is 227 g/mol. The molecule has 86 valence electrons. The van der Waals surface area contributed by atoms with Crippen LogP contribution in [0.2, 0.25) is 0 Å². The molecule has 2 fully saturated rings. The Morgan fingerprint density at radius 1 is 1.07 bits per heavy atom. The molecule has 15 heavy (non-hydrogen) atoms. The molecule has 0 aromatic rings. The molecule has 0 aromatic heterocycles. The zero-order valence-electron chi connectivity index (χ0n) is 9.84. The molecule has 0 spiro atoms. The third kappa shape index (κ3) is 2.77. The van der Waals surface area contributed by atoms with E-state index in [4.69, 9.17) is 0 Å². The molecule has 1 heterocycles. The molecule has 1 aliphatic heterocycles. The lowest BCUT2D eigenvalue weighted by atomic mass is 9.85. The smallest absolute Gasteiger partial charge is 0.187 e. The number of hydrogen-bond donors (Lipinski definition) is 0. The number of rotatable bonds is 3. The molecule has 0 bridgehead atoms. The lowest BCUT2D eigenvalue weighted by Crippen LogP contribution is -2.34. The third-order valence-corrected chi connectivity index (χ3v) is 6.83. The standard InChI is InChI=1S/C13H23OS/c1-11(15-9-5-6-10-15)13(14)12-7-3-2-4-8-12/h11-12H,2-10H2,1H3/q+1. The van der Waals surface area contributed by atoms with Crippen molar-refractivity contribution in [3.8, 4) is 0 Å². The van der Waals surface area contributed by atoms with Crippen molar-refractivity contribution in [3.05, 3.63) is 0 Å². The van der Waals surface area contributed by atoms with Crippen LogP contribution in [0, 0.1) is 5.92 Å². The van der Waals surface area contributed by atoms with Gasteiger partial charge in [0.1, 0.15) is 11.5 Å². The van der Waals surface area contributed by atoms with Crippen molar-refractivity contribution >= 4 is 16.7 Å². The molecule has 2 heteroatoms. The Bertz CT molecular complexity index is 215. The van der Waals surface area contributed by atoms with Crippen molar-refractivity contribution in [2.24, 2.45) is 5.92 Å². The maximum atomic E-state index is 12.3. The highest BCUT2D eigenvalue weighted by molar-refractivity contribution is 7.98. The summed E-state index contributed by atoms with van der Waals surface area (Å²) in [6.07, 6.45) is 9.02.